The molecule has 0 unspecified atom stereocenters. The van der Waals surface area contributed by atoms with Crippen LogP contribution in [0.5, 0.6) is 5.75 Å². The molecule has 0 spiro atoms. The van der Waals surface area contributed by atoms with Crippen molar-refractivity contribution >= 4 is 22.4 Å². The van der Waals surface area contributed by atoms with Gasteiger partial charge >= 0.3 is 6.36 Å². The molecule has 2 aromatic rings. The first-order chi connectivity index (χ1) is 10.6. The van der Waals surface area contributed by atoms with Crippen LogP contribution in [0.25, 0.3) is 11.1 Å². The van der Waals surface area contributed by atoms with Crippen molar-refractivity contribution < 1.29 is 26.3 Å². The Hall–Kier alpha value is -1.78. The molecule has 0 amide bonds. The van der Waals surface area contributed by atoms with E-state index in [0.29, 0.717) is 16.7 Å². The summed E-state index contributed by atoms with van der Waals surface area (Å²) in [6.07, 6.45) is -2.35. The molecule has 1 aromatic carbocycles. The van der Waals surface area contributed by atoms with E-state index in [0.717, 1.165) is 10.2 Å². The van der Waals surface area contributed by atoms with Crippen LogP contribution < -0.4 is 10.5 Å². The fraction of sp³-hybridized carbons (Fsp3) is 0.308. The average Bonchev–Trinajstić information content (AvgIpc) is 2.95. The number of ether oxygens (including phenoxy) is 1. The maximum absolute atomic E-state index is 12.4. The molecule has 2 rings (SSSR count). The van der Waals surface area contributed by atoms with Crippen molar-refractivity contribution in [2.24, 2.45) is 5.73 Å². The molecule has 1 heterocycles. The minimum Gasteiger partial charge on any atom is -0.406 e. The van der Waals surface area contributed by atoms with Gasteiger partial charge in [0, 0.05) is 12.1 Å². The first-order valence-corrected chi connectivity index (χ1v) is 8.13. The number of hydrogen-bond acceptors (Lipinski definition) is 5. The molecule has 0 aliphatic rings. The zero-order valence-electron chi connectivity index (χ0n) is 12.4. The second-order valence-corrected chi connectivity index (χ2v) is 6.73. The largest absolute Gasteiger partial charge is 0.573 e. The van der Waals surface area contributed by atoms with Crippen LogP contribution in [0.3, 0.4) is 0 Å². The Morgan fingerprint density at radius 1 is 1.25 bits per heavy atom. The summed E-state index contributed by atoms with van der Waals surface area (Å²) in [5.74, 6) is -0.583. The van der Waals surface area contributed by atoms with Crippen LogP contribution in [0.2, 0.25) is 0 Å². The van der Waals surface area contributed by atoms with E-state index < -0.39 is 22.1 Å². The van der Waals surface area contributed by atoms with Crippen molar-refractivity contribution in [1.82, 2.24) is 9.19 Å². The standard InChI is InChI=1S/C13H14F3N3O3S.ClH/c1-2-23(20,21)19-8-11(7-18-19)10-3-9(6-17)4-12(5-10)22-13(14,15)16;/h3-5,7-8H,2,6,17H2,1H3;1H. The Bertz CT molecular complexity index is 806. The summed E-state index contributed by atoms with van der Waals surface area (Å²) in [6.45, 7) is 1.46. The second kappa shape index (κ2) is 7.41. The van der Waals surface area contributed by atoms with E-state index in [2.05, 4.69) is 9.84 Å². The van der Waals surface area contributed by atoms with Crippen molar-refractivity contribution in [2.45, 2.75) is 19.8 Å². The van der Waals surface area contributed by atoms with Crippen molar-refractivity contribution in [3.63, 3.8) is 0 Å². The molecule has 1 aromatic heterocycles. The van der Waals surface area contributed by atoms with Gasteiger partial charge in [-0.25, -0.2) is 8.42 Å². The predicted octanol–water partition coefficient (Wildman–Crippen LogP) is 2.53. The lowest BCUT2D eigenvalue weighted by molar-refractivity contribution is -0.274. The van der Waals surface area contributed by atoms with E-state index in [9.17, 15) is 21.6 Å². The Morgan fingerprint density at radius 2 is 1.92 bits per heavy atom. The van der Waals surface area contributed by atoms with Crippen molar-refractivity contribution in [3.05, 3.63) is 36.2 Å². The minimum absolute atomic E-state index is 0. The van der Waals surface area contributed by atoms with Crippen molar-refractivity contribution in [3.8, 4) is 16.9 Å². The normalized spacial score (nSPS) is 11.9. The maximum Gasteiger partial charge on any atom is 0.573 e. The Morgan fingerprint density at radius 3 is 2.46 bits per heavy atom. The predicted molar refractivity (Wildman–Crippen MR) is 84.3 cm³/mol. The van der Waals surface area contributed by atoms with Gasteiger partial charge < -0.3 is 10.5 Å². The molecule has 0 aliphatic heterocycles. The number of nitrogens with two attached hydrogens (primary N) is 1. The highest BCUT2D eigenvalue weighted by Gasteiger charge is 2.31. The zero-order chi connectivity index (χ0) is 17.3. The summed E-state index contributed by atoms with van der Waals surface area (Å²) in [4.78, 5) is 0. The van der Waals surface area contributed by atoms with Crippen LogP contribution in [0, 0.1) is 0 Å². The topological polar surface area (TPSA) is 87.2 Å². The lowest BCUT2D eigenvalue weighted by Crippen LogP contribution is -2.17. The number of alkyl halides is 3. The first kappa shape index (κ1) is 20.3. The van der Waals surface area contributed by atoms with Gasteiger partial charge in [-0.05, 0) is 36.2 Å². The Labute approximate surface area is 142 Å². The van der Waals surface area contributed by atoms with E-state index in [1.165, 1.54) is 25.4 Å². The van der Waals surface area contributed by atoms with E-state index in [1.54, 1.807) is 6.07 Å². The molecular weight excluding hydrogens is 371 g/mol. The van der Waals surface area contributed by atoms with Gasteiger partial charge in [0.1, 0.15) is 5.75 Å². The molecular formula is C13H15ClF3N3O3S. The first-order valence-electron chi connectivity index (χ1n) is 6.52. The van der Waals surface area contributed by atoms with Crippen LogP contribution in [-0.4, -0.2) is 29.7 Å². The summed E-state index contributed by atoms with van der Waals surface area (Å²) >= 11 is 0. The SMILES string of the molecule is CCS(=O)(=O)n1cc(-c2cc(CN)cc(OC(F)(F)F)c2)cn1.Cl. The monoisotopic (exact) mass is 385 g/mol. The molecule has 0 aliphatic carbocycles. The smallest absolute Gasteiger partial charge is 0.406 e. The number of aromatic nitrogens is 2. The van der Waals surface area contributed by atoms with Gasteiger partial charge in [-0.1, -0.05) is 0 Å². The second-order valence-electron chi connectivity index (χ2n) is 4.62. The lowest BCUT2D eigenvalue weighted by atomic mass is 10.1. The van der Waals surface area contributed by atoms with Crippen LogP contribution in [-0.2, 0) is 16.6 Å². The maximum atomic E-state index is 12.4. The van der Waals surface area contributed by atoms with E-state index in [4.69, 9.17) is 5.73 Å². The molecule has 0 radical (unpaired) electrons. The summed E-state index contributed by atoms with van der Waals surface area (Å²) in [5.41, 5.74) is 6.54. The number of nitrogens with zero attached hydrogens (tertiary/aromatic N) is 2. The molecule has 0 atom stereocenters. The molecule has 24 heavy (non-hydrogen) atoms. The molecule has 134 valence electrons. The van der Waals surface area contributed by atoms with Crippen LogP contribution in [0.1, 0.15) is 12.5 Å². The number of hydrogen-bond donors (Lipinski definition) is 1. The average molecular weight is 386 g/mol. The molecule has 2 N–H and O–H groups in total. The Kier molecular flexibility index (Phi) is 6.26. The van der Waals surface area contributed by atoms with Gasteiger partial charge in [0.05, 0.1) is 18.1 Å². The van der Waals surface area contributed by atoms with Crippen molar-refractivity contribution in [2.75, 3.05) is 5.75 Å². The highest BCUT2D eigenvalue weighted by molar-refractivity contribution is 7.89. The summed E-state index contributed by atoms with van der Waals surface area (Å²) in [5, 5.41) is 3.73. The molecule has 0 saturated carbocycles. The summed E-state index contributed by atoms with van der Waals surface area (Å²) in [7, 11) is -3.57. The fourth-order valence-electron chi connectivity index (χ4n) is 1.88. The van der Waals surface area contributed by atoms with E-state index in [-0.39, 0.29) is 24.7 Å². The lowest BCUT2D eigenvalue weighted by Gasteiger charge is -2.11. The van der Waals surface area contributed by atoms with Gasteiger partial charge in [-0.15, -0.1) is 25.6 Å². The van der Waals surface area contributed by atoms with Gasteiger partial charge in [0.15, 0.2) is 0 Å². The van der Waals surface area contributed by atoms with E-state index >= 15 is 0 Å². The van der Waals surface area contributed by atoms with Crippen LogP contribution in [0.4, 0.5) is 13.2 Å². The highest BCUT2D eigenvalue weighted by atomic mass is 35.5. The third-order valence-electron chi connectivity index (χ3n) is 2.98. The Balaban J connectivity index is 0.00000288. The minimum atomic E-state index is -4.83. The summed E-state index contributed by atoms with van der Waals surface area (Å²) in [6, 6.07) is 3.86. The molecule has 0 saturated heterocycles. The summed E-state index contributed by atoms with van der Waals surface area (Å²) < 4.78 is 65.2. The van der Waals surface area contributed by atoms with Gasteiger partial charge in [0.25, 0.3) is 10.0 Å². The van der Waals surface area contributed by atoms with Crippen molar-refractivity contribution in [1.29, 1.82) is 0 Å². The van der Waals surface area contributed by atoms with E-state index in [1.807, 2.05) is 0 Å². The van der Waals surface area contributed by atoms with Crippen LogP contribution >= 0.6 is 12.4 Å². The van der Waals surface area contributed by atoms with Gasteiger partial charge in [-0.2, -0.15) is 9.19 Å². The number of halogens is 4. The molecule has 6 nitrogen and oxygen atoms in total. The molecule has 11 heteroatoms. The number of rotatable bonds is 5. The quantitative estimate of drug-likeness (QED) is 0.854. The third-order valence-corrected chi connectivity index (χ3v) is 4.48. The highest BCUT2D eigenvalue weighted by Crippen LogP contribution is 2.29. The van der Waals surface area contributed by atoms with Gasteiger partial charge in [0.2, 0.25) is 0 Å². The number of benzene rings is 1. The third kappa shape index (κ3) is 4.86. The molecule has 0 fully saturated rings. The fourth-order valence-corrected chi connectivity index (χ4v) is 2.61. The molecule has 0 bridgehead atoms. The van der Waals surface area contributed by atoms with Crippen LogP contribution in [0.15, 0.2) is 30.6 Å². The van der Waals surface area contributed by atoms with Gasteiger partial charge in [-0.3, -0.25) is 0 Å². The zero-order valence-corrected chi connectivity index (χ0v) is 14.1.